The Balaban J connectivity index is 1.39. The van der Waals surface area contributed by atoms with Crippen LogP contribution in [0, 0.1) is 13.8 Å². The van der Waals surface area contributed by atoms with E-state index in [2.05, 4.69) is 20.5 Å². The minimum Gasteiger partial charge on any atom is -0.322 e. The Morgan fingerprint density at radius 2 is 2.00 bits per heavy atom. The minimum absolute atomic E-state index is 0.0626. The predicted molar refractivity (Wildman–Crippen MR) is 93.5 cm³/mol. The van der Waals surface area contributed by atoms with Crippen molar-refractivity contribution >= 4 is 11.7 Å². The number of anilines is 1. The molecular weight excluding hydrogens is 318 g/mol. The maximum Gasteiger partial charge on any atom is 0.322 e. The third kappa shape index (κ3) is 3.25. The number of hydrogen-bond acceptors (Lipinski definition) is 4. The van der Waals surface area contributed by atoms with E-state index in [0.29, 0.717) is 12.6 Å². The summed E-state index contributed by atoms with van der Waals surface area (Å²) in [6, 6.07) is 0.634. The van der Waals surface area contributed by atoms with Gasteiger partial charge < -0.3 is 10.2 Å². The van der Waals surface area contributed by atoms with Crippen LogP contribution in [0.4, 0.5) is 10.5 Å². The summed E-state index contributed by atoms with van der Waals surface area (Å²) >= 11 is 0. The van der Waals surface area contributed by atoms with Gasteiger partial charge in [0, 0.05) is 19.3 Å². The van der Waals surface area contributed by atoms with Crippen molar-refractivity contribution in [2.24, 2.45) is 0 Å². The number of amides is 2. The molecule has 4 rings (SSSR count). The molecule has 2 aliphatic rings. The first kappa shape index (κ1) is 16.1. The highest BCUT2D eigenvalue weighted by atomic mass is 16.2. The van der Waals surface area contributed by atoms with Crippen LogP contribution >= 0.6 is 0 Å². The van der Waals surface area contributed by atoms with E-state index in [1.165, 1.54) is 19.3 Å². The number of carbonyl (C=O) groups is 1. The number of likely N-dealkylation sites (tertiary alicyclic amines) is 1. The SMILES string of the molecule is Cc1nc(C)n(C2CCCN(C(=O)Nc3cnn(C4CCC4)c3)C2)n1. The molecular formula is C17H25N7O. The van der Waals surface area contributed by atoms with Crippen molar-refractivity contribution in [1.29, 1.82) is 0 Å². The molecule has 1 atom stereocenters. The van der Waals surface area contributed by atoms with E-state index >= 15 is 0 Å². The molecule has 2 fully saturated rings. The lowest BCUT2D eigenvalue weighted by atomic mass is 9.93. The van der Waals surface area contributed by atoms with Gasteiger partial charge in [-0.05, 0) is 46.0 Å². The Morgan fingerprint density at radius 1 is 1.20 bits per heavy atom. The lowest BCUT2D eigenvalue weighted by Gasteiger charge is -2.33. The number of aromatic nitrogens is 5. The van der Waals surface area contributed by atoms with Crippen LogP contribution in [0.1, 0.15) is 55.8 Å². The van der Waals surface area contributed by atoms with Gasteiger partial charge in [-0.15, -0.1) is 0 Å². The Morgan fingerprint density at radius 3 is 2.68 bits per heavy atom. The van der Waals surface area contributed by atoms with Gasteiger partial charge in [-0.3, -0.25) is 4.68 Å². The molecule has 0 spiro atoms. The van der Waals surface area contributed by atoms with Crippen molar-refractivity contribution in [1.82, 2.24) is 29.4 Å². The zero-order valence-corrected chi connectivity index (χ0v) is 14.9. The molecule has 1 aliphatic carbocycles. The molecule has 3 heterocycles. The lowest BCUT2D eigenvalue weighted by Crippen LogP contribution is -2.43. The van der Waals surface area contributed by atoms with Crippen LogP contribution < -0.4 is 5.32 Å². The summed E-state index contributed by atoms with van der Waals surface area (Å²) in [5.41, 5.74) is 0.770. The van der Waals surface area contributed by atoms with Crippen molar-refractivity contribution < 1.29 is 4.79 Å². The molecule has 2 amide bonds. The summed E-state index contributed by atoms with van der Waals surface area (Å²) in [5, 5.41) is 11.8. The van der Waals surface area contributed by atoms with E-state index in [0.717, 1.165) is 36.7 Å². The van der Waals surface area contributed by atoms with Gasteiger partial charge >= 0.3 is 6.03 Å². The first-order valence-corrected chi connectivity index (χ1v) is 9.10. The number of nitrogens with one attached hydrogen (secondary N) is 1. The number of rotatable bonds is 3. The van der Waals surface area contributed by atoms with Gasteiger partial charge in [0.1, 0.15) is 11.6 Å². The second-order valence-electron chi connectivity index (χ2n) is 7.12. The average Bonchev–Trinajstić information content (AvgIpc) is 3.12. The van der Waals surface area contributed by atoms with Crippen molar-refractivity contribution in [2.75, 3.05) is 18.4 Å². The highest BCUT2D eigenvalue weighted by Gasteiger charge is 2.27. The third-order valence-corrected chi connectivity index (χ3v) is 5.24. The summed E-state index contributed by atoms with van der Waals surface area (Å²) in [4.78, 5) is 18.9. The van der Waals surface area contributed by atoms with Gasteiger partial charge in [-0.2, -0.15) is 10.2 Å². The fourth-order valence-corrected chi connectivity index (χ4v) is 3.68. The van der Waals surface area contributed by atoms with Crippen LogP contribution in [-0.2, 0) is 0 Å². The first-order chi connectivity index (χ1) is 12.1. The molecule has 1 N–H and O–H groups in total. The van der Waals surface area contributed by atoms with Crippen molar-refractivity contribution in [2.45, 2.75) is 58.0 Å². The Hall–Kier alpha value is -2.38. The van der Waals surface area contributed by atoms with Gasteiger partial charge in [0.05, 0.1) is 24.0 Å². The van der Waals surface area contributed by atoms with E-state index in [9.17, 15) is 4.79 Å². The summed E-state index contributed by atoms with van der Waals surface area (Å²) < 4.78 is 3.93. The van der Waals surface area contributed by atoms with Crippen molar-refractivity contribution in [3.8, 4) is 0 Å². The molecule has 1 saturated heterocycles. The van der Waals surface area contributed by atoms with E-state index < -0.39 is 0 Å². The van der Waals surface area contributed by atoms with Crippen LogP contribution in [0.2, 0.25) is 0 Å². The monoisotopic (exact) mass is 343 g/mol. The van der Waals surface area contributed by atoms with E-state index in [-0.39, 0.29) is 12.1 Å². The van der Waals surface area contributed by atoms with Crippen molar-refractivity contribution in [3.63, 3.8) is 0 Å². The summed E-state index contributed by atoms with van der Waals surface area (Å²) in [7, 11) is 0. The molecule has 1 unspecified atom stereocenters. The normalized spacial score (nSPS) is 21.2. The maximum atomic E-state index is 12.6. The zero-order chi connectivity index (χ0) is 17.4. The molecule has 2 aromatic rings. The summed E-state index contributed by atoms with van der Waals surface area (Å²) in [6.45, 7) is 5.29. The van der Waals surface area contributed by atoms with Crippen LogP contribution in [0.15, 0.2) is 12.4 Å². The molecule has 0 radical (unpaired) electrons. The quantitative estimate of drug-likeness (QED) is 0.929. The number of hydrogen-bond donors (Lipinski definition) is 1. The van der Waals surface area contributed by atoms with Crippen LogP contribution in [0.25, 0.3) is 0 Å². The van der Waals surface area contributed by atoms with Gasteiger partial charge in [0.15, 0.2) is 0 Å². The Kier molecular flexibility index (Phi) is 4.19. The second-order valence-corrected chi connectivity index (χ2v) is 7.12. The Labute approximate surface area is 147 Å². The molecule has 25 heavy (non-hydrogen) atoms. The number of urea groups is 1. The number of piperidine rings is 1. The van der Waals surface area contributed by atoms with Gasteiger partial charge in [-0.25, -0.2) is 14.5 Å². The zero-order valence-electron chi connectivity index (χ0n) is 14.9. The number of nitrogens with zero attached hydrogens (tertiary/aromatic N) is 6. The van der Waals surface area contributed by atoms with E-state index in [1.54, 1.807) is 6.20 Å². The summed E-state index contributed by atoms with van der Waals surface area (Å²) in [6.07, 6.45) is 9.29. The van der Waals surface area contributed by atoms with Gasteiger partial charge in [-0.1, -0.05) is 0 Å². The molecule has 134 valence electrons. The minimum atomic E-state index is -0.0626. The fourth-order valence-electron chi connectivity index (χ4n) is 3.68. The van der Waals surface area contributed by atoms with Crippen LogP contribution in [-0.4, -0.2) is 48.6 Å². The molecule has 0 aromatic carbocycles. The molecule has 2 aromatic heterocycles. The lowest BCUT2D eigenvalue weighted by molar-refractivity contribution is 0.173. The largest absolute Gasteiger partial charge is 0.322 e. The highest BCUT2D eigenvalue weighted by molar-refractivity contribution is 5.89. The molecule has 8 nitrogen and oxygen atoms in total. The first-order valence-electron chi connectivity index (χ1n) is 9.10. The Bertz CT molecular complexity index is 761. The average molecular weight is 343 g/mol. The highest BCUT2D eigenvalue weighted by Crippen LogP contribution is 2.31. The second kappa shape index (κ2) is 6.50. The van der Waals surface area contributed by atoms with Gasteiger partial charge in [0.2, 0.25) is 0 Å². The number of carbonyl (C=O) groups excluding carboxylic acids is 1. The van der Waals surface area contributed by atoms with Gasteiger partial charge in [0.25, 0.3) is 0 Å². The molecule has 8 heteroatoms. The number of aryl methyl sites for hydroxylation is 2. The summed E-state index contributed by atoms with van der Waals surface area (Å²) in [5.74, 6) is 1.69. The molecule has 1 aliphatic heterocycles. The maximum absolute atomic E-state index is 12.6. The van der Waals surface area contributed by atoms with Crippen LogP contribution in [0.5, 0.6) is 0 Å². The fraction of sp³-hybridized carbons (Fsp3) is 0.647. The van der Waals surface area contributed by atoms with E-state index in [4.69, 9.17) is 0 Å². The smallest absolute Gasteiger partial charge is 0.322 e. The van der Waals surface area contributed by atoms with Crippen LogP contribution in [0.3, 0.4) is 0 Å². The standard InChI is InChI=1S/C17H25N7O/c1-12-19-13(2)24(21-12)16-7-4-8-22(11-16)17(25)20-14-9-18-23(10-14)15-5-3-6-15/h9-10,15-16H,3-8,11H2,1-2H3,(H,20,25). The molecule has 1 saturated carbocycles. The predicted octanol–water partition coefficient (Wildman–Crippen LogP) is 2.69. The topological polar surface area (TPSA) is 80.9 Å². The van der Waals surface area contributed by atoms with Crippen molar-refractivity contribution in [3.05, 3.63) is 24.0 Å². The molecule has 0 bridgehead atoms. The van der Waals surface area contributed by atoms with E-state index in [1.807, 2.05) is 34.3 Å². The third-order valence-electron chi connectivity index (χ3n) is 5.24.